The first-order chi connectivity index (χ1) is 4.91. The molecular formula is C5H9FO4S. The van der Waals surface area contributed by atoms with Crippen LogP contribution >= 0.6 is 0 Å². The lowest BCUT2D eigenvalue weighted by Crippen LogP contribution is -2.49. The number of alkyl halides is 1. The summed E-state index contributed by atoms with van der Waals surface area (Å²) in [5.74, 6) is 0. The van der Waals surface area contributed by atoms with Crippen LogP contribution in [0.25, 0.3) is 0 Å². The number of hydrogen-bond donors (Lipinski definition) is 0. The zero-order valence-electron chi connectivity index (χ0n) is 6.04. The maximum absolute atomic E-state index is 12.9. The van der Waals surface area contributed by atoms with Crippen molar-refractivity contribution in [2.45, 2.75) is 5.67 Å². The summed E-state index contributed by atoms with van der Waals surface area (Å²) >= 11 is 0. The molecular weight excluding hydrogens is 175 g/mol. The normalized spacial score (nSPS) is 22.7. The van der Waals surface area contributed by atoms with Crippen molar-refractivity contribution in [2.75, 3.05) is 26.1 Å². The molecule has 0 spiro atoms. The van der Waals surface area contributed by atoms with Crippen molar-refractivity contribution in [3.05, 3.63) is 0 Å². The second-order valence-electron chi connectivity index (χ2n) is 2.61. The van der Waals surface area contributed by atoms with Crippen molar-refractivity contribution in [1.29, 1.82) is 0 Å². The maximum atomic E-state index is 12.9. The Balaban J connectivity index is 2.33. The first kappa shape index (κ1) is 8.89. The molecule has 1 aliphatic heterocycles. The summed E-state index contributed by atoms with van der Waals surface area (Å²) in [4.78, 5) is 0. The predicted octanol–water partition coefficient (Wildman–Crippen LogP) is -0.299. The van der Waals surface area contributed by atoms with Gasteiger partial charge in [0.2, 0.25) is 0 Å². The standard InChI is InChI=1S/C5H9FO4S/c1-11(7,8)10-4-5(6)2-9-3-5/h2-4H2,1H3. The molecule has 0 aliphatic carbocycles. The summed E-state index contributed by atoms with van der Waals surface area (Å²) in [7, 11) is -3.53. The largest absolute Gasteiger partial charge is 0.374 e. The zero-order chi connectivity index (χ0) is 8.54. The van der Waals surface area contributed by atoms with Crippen LogP contribution < -0.4 is 0 Å². The first-order valence-corrected chi connectivity index (χ1v) is 4.84. The molecule has 1 saturated heterocycles. The van der Waals surface area contributed by atoms with Gasteiger partial charge in [-0.3, -0.25) is 4.18 Å². The van der Waals surface area contributed by atoms with Gasteiger partial charge in [0, 0.05) is 0 Å². The smallest absolute Gasteiger partial charge is 0.264 e. The van der Waals surface area contributed by atoms with E-state index < -0.39 is 22.4 Å². The van der Waals surface area contributed by atoms with Crippen LogP contribution in [0.3, 0.4) is 0 Å². The third-order valence-corrected chi connectivity index (χ3v) is 1.80. The summed E-state index contributed by atoms with van der Waals surface area (Å²) in [6.45, 7) is -0.600. The number of ether oxygens (including phenoxy) is 1. The van der Waals surface area contributed by atoms with E-state index >= 15 is 0 Å². The molecule has 0 aromatic heterocycles. The molecule has 0 unspecified atom stereocenters. The highest BCUT2D eigenvalue weighted by molar-refractivity contribution is 7.85. The molecule has 66 valence electrons. The molecule has 11 heavy (non-hydrogen) atoms. The van der Waals surface area contributed by atoms with Gasteiger partial charge in [-0.1, -0.05) is 0 Å². The third-order valence-electron chi connectivity index (χ3n) is 1.25. The van der Waals surface area contributed by atoms with Crippen LogP contribution in [0.5, 0.6) is 0 Å². The second-order valence-corrected chi connectivity index (χ2v) is 4.25. The van der Waals surface area contributed by atoms with Gasteiger partial charge in [0.1, 0.15) is 6.61 Å². The van der Waals surface area contributed by atoms with Crippen LogP contribution in [0.2, 0.25) is 0 Å². The fourth-order valence-corrected chi connectivity index (χ4v) is 1.04. The maximum Gasteiger partial charge on any atom is 0.264 e. The summed E-state index contributed by atoms with van der Waals surface area (Å²) in [6.07, 6.45) is 0.885. The fourth-order valence-electron chi connectivity index (χ4n) is 0.620. The molecule has 0 bridgehead atoms. The Labute approximate surface area is 64.4 Å². The van der Waals surface area contributed by atoms with Crippen LogP contribution in [0.1, 0.15) is 0 Å². The van der Waals surface area contributed by atoms with E-state index in [2.05, 4.69) is 8.92 Å². The predicted molar refractivity (Wildman–Crippen MR) is 35.5 cm³/mol. The summed E-state index contributed by atoms with van der Waals surface area (Å²) in [5.41, 5.74) is -1.59. The quantitative estimate of drug-likeness (QED) is 0.565. The lowest BCUT2D eigenvalue weighted by Gasteiger charge is -2.32. The summed E-state index contributed by atoms with van der Waals surface area (Å²) < 4.78 is 42.5. The lowest BCUT2D eigenvalue weighted by molar-refractivity contribution is -0.145. The van der Waals surface area contributed by atoms with Crippen LogP contribution in [0.4, 0.5) is 4.39 Å². The van der Waals surface area contributed by atoms with E-state index in [1.807, 2.05) is 0 Å². The van der Waals surface area contributed by atoms with E-state index in [0.717, 1.165) is 6.26 Å². The molecule has 0 radical (unpaired) electrons. The van der Waals surface area contributed by atoms with Gasteiger partial charge in [0.25, 0.3) is 10.1 Å². The molecule has 0 amide bonds. The van der Waals surface area contributed by atoms with E-state index in [1.54, 1.807) is 0 Å². The Bertz CT molecular complexity index is 231. The van der Waals surface area contributed by atoms with Crippen LogP contribution in [-0.4, -0.2) is 40.2 Å². The molecule has 6 heteroatoms. The van der Waals surface area contributed by atoms with E-state index in [4.69, 9.17) is 0 Å². The van der Waals surface area contributed by atoms with E-state index in [0.29, 0.717) is 0 Å². The molecule has 0 aromatic carbocycles. The Morgan fingerprint density at radius 2 is 2.18 bits per heavy atom. The van der Waals surface area contributed by atoms with E-state index in [9.17, 15) is 12.8 Å². The van der Waals surface area contributed by atoms with Crippen LogP contribution in [0.15, 0.2) is 0 Å². The van der Waals surface area contributed by atoms with Crippen molar-refractivity contribution < 1.29 is 21.7 Å². The number of rotatable bonds is 3. The van der Waals surface area contributed by atoms with Crippen molar-refractivity contribution >= 4 is 10.1 Å². The average molecular weight is 184 g/mol. The van der Waals surface area contributed by atoms with Crippen LogP contribution in [0, 0.1) is 0 Å². The topological polar surface area (TPSA) is 52.6 Å². The Hall–Kier alpha value is -0.200. The van der Waals surface area contributed by atoms with Gasteiger partial charge in [-0.2, -0.15) is 8.42 Å². The lowest BCUT2D eigenvalue weighted by atomic mass is 10.1. The monoisotopic (exact) mass is 184 g/mol. The van der Waals surface area contributed by atoms with Gasteiger partial charge < -0.3 is 4.74 Å². The van der Waals surface area contributed by atoms with Gasteiger partial charge in [0.15, 0.2) is 5.67 Å². The average Bonchev–Trinajstić information content (AvgIpc) is 1.77. The van der Waals surface area contributed by atoms with Gasteiger partial charge in [-0.25, -0.2) is 4.39 Å². The van der Waals surface area contributed by atoms with E-state index in [1.165, 1.54) is 0 Å². The van der Waals surface area contributed by atoms with Crippen LogP contribution in [-0.2, 0) is 19.0 Å². The van der Waals surface area contributed by atoms with Crippen molar-refractivity contribution in [3.8, 4) is 0 Å². The van der Waals surface area contributed by atoms with E-state index in [-0.39, 0.29) is 13.2 Å². The highest BCUT2D eigenvalue weighted by atomic mass is 32.2. The molecule has 1 rings (SSSR count). The molecule has 0 atom stereocenters. The molecule has 1 fully saturated rings. The highest BCUT2D eigenvalue weighted by Crippen LogP contribution is 2.22. The Kier molecular flexibility index (Phi) is 2.17. The molecule has 1 heterocycles. The number of halogens is 1. The molecule has 4 nitrogen and oxygen atoms in total. The second kappa shape index (κ2) is 2.69. The van der Waals surface area contributed by atoms with Gasteiger partial charge in [-0.15, -0.1) is 0 Å². The Morgan fingerprint density at radius 1 is 1.64 bits per heavy atom. The van der Waals surface area contributed by atoms with Crippen molar-refractivity contribution in [3.63, 3.8) is 0 Å². The third kappa shape index (κ3) is 2.72. The van der Waals surface area contributed by atoms with Crippen molar-refractivity contribution in [2.24, 2.45) is 0 Å². The highest BCUT2D eigenvalue weighted by Gasteiger charge is 2.40. The van der Waals surface area contributed by atoms with Crippen molar-refractivity contribution in [1.82, 2.24) is 0 Å². The molecule has 1 aliphatic rings. The minimum Gasteiger partial charge on any atom is -0.374 e. The minimum atomic E-state index is -3.53. The summed E-state index contributed by atoms with van der Waals surface area (Å²) in [5, 5.41) is 0. The zero-order valence-corrected chi connectivity index (χ0v) is 6.86. The Morgan fingerprint density at radius 3 is 2.45 bits per heavy atom. The molecule has 0 aromatic rings. The van der Waals surface area contributed by atoms with Gasteiger partial charge in [-0.05, 0) is 0 Å². The fraction of sp³-hybridized carbons (Fsp3) is 1.00. The summed E-state index contributed by atoms with van der Waals surface area (Å²) in [6, 6.07) is 0. The first-order valence-electron chi connectivity index (χ1n) is 3.02. The number of hydrogen-bond acceptors (Lipinski definition) is 4. The SMILES string of the molecule is CS(=O)(=O)OCC1(F)COC1. The molecule has 0 saturated carbocycles. The molecule has 0 N–H and O–H groups in total. The van der Waals surface area contributed by atoms with Gasteiger partial charge >= 0.3 is 0 Å². The minimum absolute atomic E-state index is 0.0808. The van der Waals surface area contributed by atoms with Gasteiger partial charge in [0.05, 0.1) is 19.5 Å².